The molecule has 0 N–H and O–H groups in total. The average molecular weight is 337 g/mol. The molecule has 3 aromatic rings. The monoisotopic (exact) mass is 337 g/mol. The number of alkyl halides is 1. The van der Waals surface area contributed by atoms with Crippen LogP contribution in [0.4, 0.5) is 4.39 Å². The standard InChI is InChI=1S/C22H23FP/c1-2-12-22(23)24(19-13-6-3-7-14-19,20-15-8-4-9-16-20)21-17-10-5-11-18-21/h3-11,13-18,22H,2,12H2,1H3/q+1. The van der Waals surface area contributed by atoms with Gasteiger partial charge in [0.15, 0.2) is 0 Å². The van der Waals surface area contributed by atoms with Gasteiger partial charge in [0.25, 0.3) is 0 Å². The van der Waals surface area contributed by atoms with Gasteiger partial charge < -0.3 is 0 Å². The van der Waals surface area contributed by atoms with Crippen molar-refractivity contribution in [3.8, 4) is 0 Å². The molecule has 0 radical (unpaired) electrons. The van der Waals surface area contributed by atoms with Crippen molar-refractivity contribution in [3.05, 3.63) is 91.0 Å². The number of hydrogen-bond acceptors (Lipinski definition) is 0. The Hall–Kier alpha value is -1.98. The zero-order chi connectivity index (χ0) is 16.8. The second-order valence-electron chi connectivity index (χ2n) is 5.95. The van der Waals surface area contributed by atoms with Crippen molar-refractivity contribution < 1.29 is 4.39 Å². The van der Waals surface area contributed by atoms with Gasteiger partial charge in [0, 0.05) is 6.42 Å². The fourth-order valence-corrected chi connectivity index (χ4v) is 7.79. The lowest BCUT2D eigenvalue weighted by atomic mass is 10.3. The summed E-state index contributed by atoms with van der Waals surface area (Å²) in [5.74, 6) is -0.880. The summed E-state index contributed by atoms with van der Waals surface area (Å²) in [7, 11) is -2.33. The van der Waals surface area contributed by atoms with E-state index in [1.807, 2.05) is 54.6 Å². The minimum Gasteiger partial charge on any atom is -0.201 e. The molecule has 0 bridgehead atoms. The van der Waals surface area contributed by atoms with Gasteiger partial charge >= 0.3 is 0 Å². The van der Waals surface area contributed by atoms with Crippen LogP contribution in [0.5, 0.6) is 0 Å². The van der Waals surface area contributed by atoms with Crippen LogP contribution in [0.2, 0.25) is 0 Å². The van der Waals surface area contributed by atoms with Crippen LogP contribution >= 0.6 is 7.26 Å². The molecular formula is C22H23FP+. The lowest BCUT2D eigenvalue weighted by molar-refractivity contribution is 0.419. The van der Waals surface area contributed by atoms with E-state index < -0.39 is 13.2 Å². The normalized spacial score (nSPS) is 12.8. The zero-order valence-electron chi connectivity index (χ0n) is 14.0. The lowest BCUT2D eigenvalue weighted by Crippen LogP contribution is -2.37. The molecule has 0 fully saturated rings. The Morgan fingerprint density at radius 2 is 1.00 bits per heavy atom. The highest BCUT2D eigenvalue weighted by atomic mass is 31.2. The number of benzene rings is 3. The molecule has 122 valence electrons. The van der Waals surface area contributed by atoms with Crippen LogP contribution in [0.1, 0.15) is 19.8 Å². The van der Waals surface area contributed by atoms with Gasteiger partial charge in [-0.3, -0.25) is 0 Å². The lowest BCUT2D eigenvalue weighted by Gasteiger charge is -2.30. The van der Waals surface area contributed by atoms with Gasteiger partial charge in [-0.25, -0.2) is 4.39 Å². The fraction of sp³-hybridized carbons (Fsp3) is 0.182. The van der Waals surface area contributed by atoms with Crippen LogP contribution in [0.15, 0.2) is 91.0 Å². The Bertz CT molecular complexity index is 644. The number of hydrogen-bond donors (Lipinski definition) is 0. The van der Waals surface area contributed by atoms with Crippen LogP contribution in [-0.4, -0.2) is 5.91 Å². The third kappa shape index (κ3) is 3.01. The Morgan fingerprint density at radius 1 is 0.667 bits per heavy atom. The van der Waals surface area contributed by atoms with Crippen molar-refractivity contribution in [3.63, 3.8) is 0 Å². The summed E-state index contributed by atoms with van der Waals surface area (Å²) in [6.07, 6.45) is 1.42. The van der Waals surface area contributed by atoms with Crippen molar-refractivity contribution in [1.82, 2.24) is 0 Å². The van der Waals surface area contributed by atoms with E-state index in [9.17, 15) is 0 Å². The zero-order valence-corrected chi connectivity index (χ0v) is 14.9. The quantitative estimate of drug-likeness (QED) is 0.551. The molecule has 0 aliphatic rings. The minimum atomic E-state index is -2.33. The van der Waals surface area contributed by atoms with Crippen LogP contribution < -0.4 is 15.9 Å². The predicted molar refractivity (Wildman–Crippen MR) is 105 cm³/mol. The molecule has 3 rings (SSSR count). The van der Waals surface area contributed by atoms with Crippen LogP contribution in [-0.2, 0) is 0 Å². The molecule has 0 heterocycles. The van der Waals surface area contributed by atoms with Gasteiger partial charge in [0.2, 0.25) is 5.91 Å². The second kappa shape index (κ2) is 7.73. The van der Waals surface area contributed by atoms with E-state index >= 15 is 4.39 Å². The predicted octanol–water partition coefficient (Wildman–Crippen LogP) is 5.08. The SMILES string of the molecule is CCCC(F)[P+](c1ccccc1)(c1ccccc1)c1ccccc1. The van der Waals surface area contributed by atoms with E-state index in [1.165, 1.54) is 0 Å². The summed E-state index contributed by atoms with van der Waals surface area (Å²) in [5.41, 5.74) is 0. The first-order valence-corrected chi connectivity index (χ1v) is 10.4. The second-order valence-corrected chi connectivity index (χ2v) is 9.51. The summed E-state index contributed by atoms with van der Waals surface area (Å²) < 4.78 is 15.8. The van der Waals surface area contributed by atoms with E-state index in [2.05, 4.69) is 43.3 Å². The molecule has 3 aromatic carbocycles. The molecule has 0 aliphatic heterocycles. The average Bonchev–Trinajstić information content (AvgIpc) is 2.65. The summed E-state index contributed by atoms with van der Waals surface area (Å²) >= 11 is 0. The smallest absolute Gasteiger partial charge is 0.201 e. The van der Waals surface area contributed by atoms with Crippen molar-refractivity contribution in [2.24, 2.45) is 0 Å². The van der Waals surface area contributed by atoms with Crippen LogP contribution in [0.3, 0.4) is 0 Å². The molecule has 2 heteroatoms. The summed E-state index contributed by atoms with van der Waals surface area (Å²) in [4.78, 5) is 0. The van der Waals surface area contributed by atoms with E-state index in [0.29, 0.717) is 6.42 Å². The summed E-state index contributed by atoms with van der Waals surface area (Å²) in [5, 5.41) is 3.34. The Kier molecular flexibility index (Phi) is 5.43. The number of halogens is 1. The molecule has 1 unspecified atom stereocenters. The largest absolute Gasteiger partial charge is 0.219 e. The van der Waals surface area contributed by atoms with Crippen molar-refractivity contribution in [2.45, 2.75) is 25.7 Å². The molecule has 0 amide bonds. The number of rotatable bonds is 6. The highest BCUT2D eigenvalue weighted by Gasteiger charge is 2.52. The van der Waals surface area contributed by atoms with E-state index in [4.69, 9.17) is 0 Å². The van der Waals surface area contributed by atoms with Crippen molar-refractivity contribution >= 4 is 23.2 Å². The summed E-state index contributed by atoms with van der Waals surface area (Å²) in [6, 6.07) is 30.7. The molecular weight excluding hydrogens is 314 g/mol. The third-order valence-electron chi connectivity index (χ3n) is 4.44. The maximum absolute atomic E-state index is 15.8. The van der Waals surface area contributed by atoms with E-state index in [-0.39, 0.29) is 0 Å². The first kappa shape index (κ1) is 16.9. The van der Waals surface area contributed by atoms with E-state index in [0.717, 1.165) is 22.3 Å². The van der Waals surface area contributed by atoms with Crippen LogP contribution in [0, 0.1) is 0 Å². The minimum absolute atomic E-state index is 0.576. The van der Waals surface area contributed by atoms with Gasteiger partial charge in [-0.05, 0) is 42.8 Å². The molecule has 0 aromatic heterocycles. The fourth-order valence-electron chi connectivity index (χ4n) is 3.35. The Morgan fingerprint density at radius 3 is 1.29 bits per heavy atom. The molecule has 0 saturated heterocycles. The van der Waals surface area contributed by atoms with E-state index in [1.54, 1.807) is 0 Å². The Balaban J connectivity index is 2.33. The first-order valence-electron chi connectivity index (χ1n) is 8.49. The van der Waals surface area contributed by atoms with Gasteiger partial charge in [-0.1, -0.05) is 61.5 Å². The van der Waals surface area contributed by atoms with Gasteiger partial charge in [-0.15, -0.1) is 0 Å². The highest BCUT2D eigenvalue weighted by Crippen LogP contribution is 2.61. The van der Waals surface area contributed by atoms with Gasteiger partial charge in [0.1, 0.15) is 23.2 Å². The maximum atomic E-state index is 15.8. The van der Waals surface area contributed by atoms with Gasteiger partial charge in [0.05, 0.1) is 0 Å². The third-order valence-corrected chi connectivity index (χ3v) is 8.87. The Labute approximate surface area is 144 Å². The molecule has 0 aliphatic carbocycles. The van der Waals surface area contributed by atoms with Crippen molar-refractivity contribution in [2.75, 3.05) is 0 Å². The summed E-state index contributed by atoms with van der Waals surface area (Å²) in [6.45, 7) is 2.06. The maximum Gasteiger partial charge on any atom is 0.219 e. The molecule has 24 heavy (non-hydrogen) atoms. The first-order chi connectivity index (χ1) is 11.8. The highest BCUT2D eigenvalue weighted by molar-refractivity contribution is 7.96. The molecule has 0 spiro atoms. The van der Waals surface area contributed by atoms with Gasteiger partial charge in [-0.2, -0.15) is 0 Å². The topological polar surface area (TPSA) is 0 Å². The molecule has 0 saturated carbocycles. The molecule has 0 nitrogen and oxygen atoms in total. The molecule has 1 atom stereocenters. The van der Waals surface area contributed by atoms with Crippen molar-refractivity contribution in [1.29, 1.82) is 0 Å². The van der Waals surface area contributed by atoms with Crippen LogP contribution in [0.25, 0.3) is 0 Å².